The van der Waals surface area contributed by atoms with E-state index in [0.29, 0.717) is 16.5 Å². The van der Waals surface area contributed by atoms with Crippen LogP contribution in [0.3, 0.4) is 0 Å². The molecule has 1 amide bonds. The van der Waals surface area contributed by atoms with E-state index in [4.69, 9.17) is 28.9 Å². The summed E-state index contributed by atoms with van der Waals surface area (Å²) in [6.07, 6.45) is 2.01. The van der Waals surface area contributed by atoms with Crippen LogP contribution in [0.2, 0.25) is 10.0 Å². The number of amides is 1. The zero-order valence-electron chi connectivity index (χ0n) is 10.9. The van der Waals surface area contributed by atoms with Crippen LogP contribution in [-0.2, 0) is 11.2 Å². The molecule has 0 bridgehead atoms. The van der Waals surface area contributed by atoms with Crippen LogP contribution in [0.5, 0.6) is 0 Å². The zero-order valence-corrected chi connectivity index (χ0v) is 12.4. The number of carbonyl (C=O) groups excluding carboxylic acids is 1. The van der Waals surface area contributed by atoms with Gasteiger partial charge >= 0.3 is 0 Å². The van der Waals surface area contributed by atoms with Gasteiger partial charge in [-0.1, -0.05) is 23.2 Å². The van der Waals surface area contributed by atoms with Gasteiger partial charge in [0.25, 0.3) is 0 Å². The number of hydrogen-bond donors (Lipinski definition) is 1. The highest BCUT2D eigenvalue weighted by Crippen LogP contribution is 2.23. The number of rotatable bonds is 2. The van der Waals surface area contributed by atoms with Crippen LogP contribution in [0, 0.1) is 0 Å². The summed E-state index contributed by atoms with van der Waals surface area (Å²) in [7, 11) is 0. The lowest BCUT2D eigenvalue weighted by Gasteiger charge is -2.36. The SMILES string of the molecule is C[C@H]1C[C@H](N)CCN1C(=O)Cc1cc(Cl)ccc1Cl. The molecule has 2 atom stereocenters. The normalized spacial score (nSPS) is 23.5. The van der Waals surface area contributed by atoms with Gasteiger partial charge in [0.05, 0.1) is 6.42 Å². The molecule has 19 heavy (non-hydrogen) atoms. The fourth-order valence-electron chi connectivity index (χ4n) is 2.52. The van der Waals surface area contributed by atoms with Gasteiger partial charge in [-0.25, -0.2) is 0 Å². The molecule has 1 aliphatic rings. The molecule has 2 N–H and O–H groups in total. The highest BCUT2D eigenvalue weighted by Gasteiger charge is 2.27. The molecular weight excluding hydrogens is 283 g/mol. The van der Waals surface area contributed by atoms with Crippen molar-refractivity contribution in [2.45, 2.75) is 38.3 Å². The summed E-state index contributed by atoms with van der Waals surface area (Å²) in [6.45, 7) is 2.76. The Hall–Kier alpha value is -0.770. The van der Waals surface area contributed by atoms with Crippen LogP contribution in [0.4, 0.5) is 0 Å². The van der Waals surface area contributed by atoms with Crippen LogP contribution in [0.25, 0.3) is 0 Å². The van der Waals surface area contributed by atoms with Crippen molar-refractivity contribution in [3.8, 4) is 0 Å². The molecule has 5 heteroatoms. The van der Waals surface area contributed by atoms with Crippen LogP contribution in [-0.4, -0.2) is 29.4 Å². The van der Waals surface area contributed by atoms with E-state index in [1.807, 2.05) is 11.8 Å². The van der Waals surface area contributed by atoms with E-state index in [0.717, 1.165) is 24.9 Å². The van der Waals surface area contributed by atoms with E-state index in [-0.39, 0.29) is 18.0 Å². The molecule has 1 saturated heterocycles. The Bertz CT molecular complexity index is 479. The van der Waals surface area contributed by atoms with Crippen molar-refractivity contribution in [2.24, 2.45) is 5.73 Å². The maximum absolute atomic E-state index is 12.3. The number of halogens is 2. The molecule has 0 spiro atoms. The van der Waals surface area contributed by atoms with E-state index in [2.05, 4.69) is 0 Å². The molecule has 2 rings (SSSR count). The van der Waals surface area contributed by atoms with Gasteiger partial charge in [0.1, 0.15) is 0 Å². The fraction of sp³-hybridized carbons (Fsp3) is 0.500. The van der Waals surface area contributed by atoms with Crippen molar-refractivity contribution in [3.63, 3.8) is 0 Å². The lowest BCUT2D eigenvalue weighted by atomic mass is 9.98. The third-order valence-corrected chi connectivity index (χ3v) is 4.19. The van der Waals surface area contributed by atoms with E-state index < -0.39 is 0 Å². The van der Waals surface area contributed by atoms with Crippen LogP contribution < -0.4 is 5.73 Å². The molecule has 1 aliphatic heterocycles. The van der Waals surface area contributed by atoms with Crippen LogP contribution in [0.1, 0.15) is 25.3 Å². The fourth-order valence-corrected chi connectivity index (χ4v) is 2.90. The molecule has 0 radical (unpaired) electrons. The lowest BCUT2D eigenvalue weighted by molar-refractivity contribution is -0.133. The minimum absolute atomic E-state index is 0.0866. The second-order valence-electron chi connectivity index (χ2n) is 5.13. The second-order valence-corrected chi connectivity index (χ2v) is 5.98. The second kappa shape index (κ2) is 6.12. The minimum atomic E-state index is 0.0866. The molecule has 1 aromatic carbocycles. The monoisotopic (exact) mass is 300 g/mol. The Morgan fingerprint density at radius 1 is 1.47 bits per heavy atom. The maximum atomic E-state index is 12.3. The molecule has 1 aromatic rings. The molecular formula is C14H18Cl2N2O. The quantitative estimate of drug-likeness (QED) is 0.913. The Balaban J connectivity index is 2.06. The standard InChI is InChI=1S/C14H18Cl2N2O/c1-9-6-12(17)4-5-18(9)14(19)8-10-7-11(15)2-3-13(10)16/h2-3,7,9,12H,4-6,8,17H2,1H3/t9-,12+/m0/s1. The number of nitrogens with two attached hydrogens (primary N) is 1. The first-order chi connectivity index (χ1) is 8.97. The van der Waals surface area contributed by atoms with Gasteiger partial charge in [-0.15, -0.1) is 0 Å². The van der Waals surface area contributed by atoms with Crippen molar-refractivity contribution in [3.05, 3.63) is 33.8 Å². The Kier molecular flexibility index (Phi) is 4.71. The highest BCUT2D eigenvalue weighted by molar-refractivity contribution is 6.33. The van der Waals surface area contributed by atoms with Crippen molar-refractivity contribution in [2.75, 3.05) is 6.54 Å². The summed E-state index contributed by atoms with van der Waals surface area (Å²) in [5.41, 5.74) is 6.69. The number of hydrogen-bond acceptors (Lipinski definition) is 2. The lowest BCUT2D eigenvalue weighted by Crippen LogP contribution is -2.48. The van der Waals surface area contributed by atoms with Gasteiger partial charge in [0.2, 0.25) is 5.91 Å². The largest absolute Gasteiger partial charge is 0.340 e. The number of likely N-dealkylation sites (tertiary alicyclic amines) is 1. The first kappa shape index (κ1) is 14.6. The van der Waals surface area contributed by atoms with Crippen LogP contribution in [0.15, 0.2) is 18.2 Å². The van der Waals surface area contributed by atoms with E-state index in [1.54, 1.807) is 18.2 Å². The molecule has 0 aromatic heterocycles. The molecule has 0 unspecified atom stereocenters. The van der Waals surface area contributed by atoms with Gasteiger partial charge in [-0.05, 0) is 43.5 Å². The Morgan fingerprint density at radius 3 is 2.89 bits per heavy atom. The molecule has 104 valence electrons. The summed E-state index contributed by atoms with van der Waals surface area (Å²) in [4.78, 5) is 14.2. The topological polar surface area (TPSA) is 46.3 Å². The first-order valence-electron chi connectivity index (χ1n) is 6.46. The van der Waals surface area contributed by atoms with Crippen LogP contribution >= 0.6 is 23.2 Å². The van der Waals surface area contributed by atoms with Crippen molar-refractivity contribution in [1.29, 1.82) is 0 Å². The first-order valence-corrected chi connectivity index (χ1v) is 7.22. The Labute approximate surface area is 123 Å². The summed E-state index contributed by atoms with van der Waals surface area (Å²) in [5, 5.41) is 1.18. The van der Waals surface area contributed by atoms with Crippen molar-refractivity contribution in [1.82, 2.24) is 4.90 Å². The molecule has 0 saturated carbocycles. The number of piperidine rings is 1. The number of nitrogens with zero attached hydrogens (tertiary/aromatic N) is 1. The number of carbonyl (C=O) groups is 1. The zero-order chi connectivity index (χ0) is 14.0. The van der Waals surface area contributed by atoms with Gasteiger partial charge in [0, 0.05) is 28.7 Å². The van der Waals surface area contributed by atoms with Crippen molar-refractivity contribution < 1.29 is 4.79 Å². The average Bonchev–Trinajstić information content (AvgIpc) is 2.33. The van der Waals surface area contributed by atoms with Gasteiger partial charge in [-0.2, -0.15) is 0 Å². The summed E-state index contributed by atoms with van der Waals surface area (Å²) in [6, 6.07) is 5.59. The predicted molar refractivity (Wildman–Crippen MR) is 78.6 cm³/mol. The minimum Gasteiger partial charge on any atom is -0.340 e. The molecule has 0 aliphatic carbocycles. The predicted octanol–water partition coefficient (Wildman–Crippen LogP) is 2.87. The molecule has 3 nitrogen and oxygen atoms in total. The smallest absolute Gasteiger partial charge is 0.227 e. The summed E-state index contributed by atoms with van der Waals surface area (Å²) < 4.78 is 0. The third-order valence-electron chi connectivity index (χ3n) is 3.59. The average molecular weight is 301 g/mol. The van der Waals surface area contributed by atoms with Gasteiger partial charge < -0.3 is 10.6 Å². The van der Waals surface area contributed by atoms with Gasteiger partial charge in [-0.3, -0.25) is 4.79 Å². The number of benzene rings is 1. The highest BCUT2D eigenvalue weighted by atomic mass is 35.5. The maximum Gasteiger partial charge on any atom is 0.227 e. The Morgan fingerprint density at radius 2 is 2.21 bits per heavy atom. The van der Waals surface area contributed by atoms with Crippen molar-refractivity contribution >= 4 is 29.1 Å². The summed E-state index contributed by atoms with van der Waals surface area (Å²) in [5.74, 6) is 0.0866. The third kappa shape index (κ3) is 3.62. The van der Waals surface area contributed by atoms with Gasteiger partial charge in [0.15, 0.2) is 0 Å². The summed E-state index contributed by atoms with van der Waals surface area (Å²) >= 11 is 12.0. The van der Waals surface area contributed by atoms with E-state index in [9.17, 15) is 4.79 Å². The van der Waals surface area contributed by atoms with E-state index in [1.165, 1.54) is 0 Å². The van der Waals surface area contributed by atoms with E-state index >= 15 is 0 Å². The molecule has 1 heterocycles. The molecule has 1 fully saturated rings.